The van der Waals surface area contributed by atoms with Crippen molar-refractivity contribution in [2.75, 3.05) is 31.6 Å². The zero-order chi connectivity index (χ0) is 22.3. The highest BCUT2D eigenvalue weighted by molar-refractivity contribution is 5.97. The van der Waals surface area contributed by atoms with Crippen molar-refractivity contribution in [1.29, 1.82) is 0 Å². The molecule has 9 heteroatoms. The molecule has 1 atom stereocenters. The summed E-state index contributed by atoms with van der Waals surface area (Å²) in [4.78, 5) is 40.8. The predicted octanol–water partition coefficient (Wildman–Crippen LogP) is 1.86. The Morgan fingerprint density at radius 2 is 1.97 bits per heavy atom. The molecule has 9 nitrogen and oxygen atoms in total. The summed E-state index contributed by atoms with van der Waals surface area (Å²) in [6.45, 7) is 1.11. The minimum atomic E-state index is -0.563. The average molecular weight is 430 g/mol. The van der Waals surface area contributed by atoms with E-state index in [0.29, 0.717) is 24.7 Å². The summed E-state index contributed by atoms with van der Waals surface area (Å²) < 4.78 is 5.99. The Balaban J connectivity index is 1.49. The lowest BCUT2D eigenvalue weighted by molar-refractivity contribution is -0.141. The summed E-state index contributed by atoms with van der Waals surface area (Å²) in [5.74, 6) is -0.325. The molecule has 2 aromatic heterocycles. The molecule has 0 saturated carbocycles. The quantitative estimate of drug-likeness (QED) is 0.657. The molecular weight excluding hydrogens is 408 g/mol. The van der Waals surface area contributed by atoms with Gasteiger partial charge in [-0.05, 0) is 24.3 Å². The van der Waals surface area contributed by atoms with Gasteiger partial charge in [-0.1, -0.05) is 12.1 Å². The molecule has 1 saturated heterocycles. The van der Waals surface area contributed by atoms with Crippen LogP contribution in [0.1, 0.15) is 22.3 Å². The van der Waals surface area contributed by atoms with Crippen LogP contribution in [0.4, 0.5) is 11.6 Å². The molecular formula is C23H22N6O3. The molecule has 4 heterocycles. The molecule has 3 aromatic rings. The number of rotatable bonds is 5. The third kappa shape index (κ3) is 3.36. The molecule has 1 spiro atoms. The number of anilines is 2. The van der Waals surface area contributed by atoms with Gasteiger partial charge in [0.2, 0.25) is 11.9 Å². The van der Waals surface area contributed by atoms with E-state index < -0.39 is 11.5 Å². The molecule has 2 aliphatic heterocycles. The number of pyridine rings is 1. The van der Waals surface area contributed by atoms with Crippen molar-refractivity contribution in [2.24, 2.45) is 5.73 Å². The van der Waals surface area contributed by atoms with E-state index in [4.69, 9.17) is 10.5 Å². The maximum Gasteiger partial charge on any atom is 0.254 e. The van der Waals surface area contributed by atoms with Gasteiger partial charge in [-0.3, -0.25) is 14.6 Å². The number of primary amides is 1. The van der Waals surface area contributed by atoms with Gasteiger partial charge >= 0.3 is 0 Å². The Morgan fingerprint density at radius 3 is 2.59 bits per heavy atom. The van der Waals surface area contributed by atoms with Crippen LogP contribution in [0.25, 0.3) is 11.3 Å². The Morgan fingerprint density at radius 1 is 1.19 bits per heavy atom. The predicted molar refractivity (Wildman–Crippen MR) is 117 cm³/mol. The average Bonchev–Trinajstić information content (AvgIpc) is 3.14. The van der Waals surface area contributed by atoms with E-state index in [0.717, 1.165) is 28.9 Å². The van der Waals surface area contributed by atoms with Crippen molar-refractivity contribution in [3.05, 3.63) is 66.1 Å². The van der Waals surface area contributed by atoms with Crippen molar-refractivity contribution in [3.8, 4) is 11.3 Å². The van der Waals surface area contributed by atoms with E-state index in [-0.39, 0.29) is 12.5 Å². The molecule has 0 aliphatic carbocycles. The van der Waals surface area contributed by atoms with E-state index in [1.807, 2.05) is 35.2 Å². The zero-order valence-electron chi connectivity index (χ0n) is 17.6. The first-order valence-electron chi connectivity index (χ1n) is 10.3. The van der Waals surface area contributed by atoms with Gasteiger partial charge in [-0.25, -0.2) is 9.97 Å². The zero-order valence-corrected chi connectivity index (χ0v) is 17.6. The van der Waals surface area contributed by atoms with Gasteiger partial charge in [0, 0.05) is 48.7 Å². The van der Waals surface area contributed by atoms with Crippen LogP contribution in [0.5, 0.6) is 0 Å². The molecule has 2 N–H and O–H groups in total. The van der Waals surface area contributed by atoms with Crippen LogP contribution >= 0.6 is 0 Å². The second-order valence-electron chi connectivity index (χ2n) is 8.03. The Hall–Kier alpha value is -3.85. The third-order valence-electron chi connectivity index (χ3n) is 5.90. The lowest BCUT2D eigenvalue weighted by Crippen LogP contribution is -2.44. The number of amides is 2. The number of fused-ring (bicyclic) bond motifs is 2. The van der Waals surface area contributed by atoms with E-state index in [9.17, 15) is 9.59 Å². The summed E-state index contributed by atoms with van der Waals surface area (Å²) in [5, 5.41) is 0. The Bertz CT molecular complexity index is 1180. The standard InChI is InChI=1S/C23H22N6O3/c1-28(13-20(24)30)21(31)15-5-6-17-19(10-15)29(14-23(17)7-9-32-23)22-26-11-16(12-27-22)18-4-2-3-8-25-18/h2-6,8,10-12H,7,9,13-14H2,1H3,(H2,24,30). The van der Waals surface area contributed by atoms with Gasteiger partial charge in [-0.15, -0.1) is 0 Å². The summed E-state index contributed by atoms with van der Waals surface area (Å²) >= 11 is 0. The Labute approximate surface area is 184 Å². The molecule has 2 amide bonds. The fourth-order valence-corrected chi connectivity index (χ4v) is 4.22. The highest BCUT2D eigenvalue weighted by Gasteiger charge is 2.49. The number of benzene rings is 1. The topological polar surface area (TPSA) is 115 Å². The van der Waals surface area contributed by atoms with Crippen molar-refractivity contribution in [1.82, 2.24) is 19.9 Å². The number of hydrogen-bond donors (Lipinski definition) is 1. The molecule has 0 bridgehead atoms. The van der Waals surface area contributed by atoms with Gasteiger partial charge in [0.15, 0.2) is 0 Å². The number of hydrogen-bond acceptors (Lipinski definition) is 7. The first-order valence-corrected chi connectivity index (χ1v) is 10.3. The second-order valence-corrected chi connectivity index (χ2v) is 8.03. The van der Waals surface area contributed by atoms with Crippen LogP contribution in [0.15, 0.2) is 55.0 Å². The highest BCUT2D eigenvalue weighted by Crippen LogP contribution is 2.50. The molecule has 1 fully saturated rings. The molecule has 2 aliphatic rings. The van der Waals surface area contributed by atoms with Gasteiger partial charge in [0.05, 0.1) is 31.1 Å². The molecule has 5 rings (SSSR count). The van der Waals surface area contributed by atoms with Crippen LogP contribution in [0, 0.1) is 0 Å². The summed E-state index contributed by atoms with van der Waals surface area (Å²) in [6, 6.07) is 11.2. The molecule has 162 valence electrons. The molecule has 32 heavy (non-hydrogen) atoms. The van der Waals surface area contributed by atoms with Gasteiger partial charge < -0.3 is 20.3 Å². The summed E-state index contributed by atoms with van der Waals surface area (Å²) in [5.41, 5.74) is 8.73. The van der Waals surface area contributed by atoms with Crippen molar-refractivity contribution >= 4 is 23.5 Å². The van der Waals surface area contributed by atoms with Gasteiger partial charge in [0.25, 0.3) is 5.91 Å². The number of carbonyl (C=O) groups excluding carboxylic acids is 2. The van der Waals surface area contributed by atoms with Crippen LogP contribution < -0.4 is 10.6 Å². The smallest absolute Gasteiger partial charge is 0.254 e. The number of ether oxygens (including phenoxy) is 1. The monoisotopic (exact) mass is 430 g/mol. The van der Waals surface area contributed by atoms with Gasteiger partial charge in [0.1, 0.15) is 5.60 Å². The lowest BCUT2D eigenvalue weighted by atomic mass is 9.88. The largest absolute Gasteiger partial charge is 0.368 e. The number of carbonyl (C=O) groups is 2. The summed E-state index contributed by atoms with van der Waals surface area (Å²) in [7, 11) is 1.55. The SMILES string of the molecule is CN(CC(N)=O)C(=O)c1ccc2c(c1)N(c1ncc(-c3ccccn3)cn1)CC21CCO1. The maximum absolute atomic E-state index is 12.8. The van der Waals surface area contributed by atoms with Crippen LogP contribution in [0.3, 0.4) is 0 Å². The minimum absolute atomic E-state index is 0.148. The van der Waals surface area contributed by atoms with Crippen molar-refractivity contribution in [2.45, 2.75) is 12.0 Å². The number of nitrogens with two attached hydrogens (primary N) is 1. The highest BCUT2D eigenvalue weighted by atomic mass is 16.5. The van der Waals surface area contributed by atoms with Crippen molar-refractivity contribution < 1.29 is 14.3 Å². The van der Waals surface area contributed by atoms with E-state index in [1.54, 1.807) is 31.7 Å². The van der Waals surface area contributed by atoms with Crippen LogP contribution in [0.2, 0.25) is 0 Å². The molecule has 1 aromatic carbocycles. The third-order valence-corrected chi connectivity index (χ3v) is 5.90. The molecule has 0 radical (unpaired) electrons. The first kappa shape index (κ1) is 20.1. The lowest BCUT2D eigenvalue weighted by Gasteiger charge is -2.39. The number of nitrogens with zero attached hydrogens (tertiary/aromatic N) is 5. The van der Waals surface area contributed by atoms with Crippen LogP contribution in [-0.4, -0.2) is 58.4 Å². The molecule has 1 unspecified atom stereocenters. The van der Waals surface area contributed by atoms with E-state index in [1.165, 1.54) is 4.90 Å². The minimum Gasteiger partial charge on any atom is -0.368 e. The maximum atomic E-state index is 12.8. The van der Waals surface area contributed by atoms with E-state index >= 15 is 0 Å². The first-order chi connectivity index (χ1) is 15.5. The Kier molecular flexibility index (Phi) is 4.82. The number of likely N-dealkylation sites (N-methyl/N-ethyl adjacent to an activating group) is 1. The van der Waals surface area contributed by atoms with Gasteiger partial charge in [-0.2, -0.15) is 0 Å². The normalized spacial score (nSPS) is 18.8. The fraction of sp³-hybridized carbons (Fsp3) is 0.261. The summed E-state index contributed by atoms with van der Waals surface area (Å²) in [6.07, 6.45) is 6.10. The number of aromatic nitrogens is 3. The fourth-order valence-electron chi connectivity index (χ4n) is 4.22. The van der Waals surface area contributed by atoms with Crippen molar-refractivity contribution in [3.63, 3.8) is 0 Å². The van der Waals surface area contributed by atoms with Crippen LogP contribution in [-0.2, 0) is 15.1 Å². The second kappa shape index (κ2) is 7.69. The van der Waals surface area contributed by atoms with E-state index in [2.05, 4.69) is 15.0 Å².